The van der Waals surface area contributed by atoms with Gasteiger partial charge in [-0.3, -0.25) is 14.6 Å². The first kappa shape index (κ1) is 21.8. The molecule has 2 heterocycles. The fourth-order valence-electron chi connectivity index (χ4n) is 3.88. The third-order valence-corrected chi connectivity index (χ3v) is 5.65. The first-order valence-electron chi connectivity index (χ1n) is 10.8. The van der Waals surface area contributed by atoms with E-state index in [4.69, 9.17) is 4.74 Å². The number of likely N-dealkylation sites (N-methyl/N-ethyl adjacent to an activating group) is 1. The molecule has 0 radical (unpaired) electrons. The third-order valence-electron chi connectivity index (χ3n) is 5.65. The number of amides is 2. The summed E-state index contributed by atoms with van der Waals surface area (Å²) in [6.07, 6.45) is 0. The van der Waals surface area contributed by atoms with Crippen LogP contribution in [0.25, 0.3) is 10.9 Å². The lowest BCUT2D eigenvalue weighted by molar-refractivity contribution is -0.116. The second-order valence-corrected chi connectivity index (χ2v) is 8.17. The van der Waals surface area contributed by atoms with E-state index >= 15 is 0 Å². The molecule has 0 atom stereocenters. The van der Waals surface area contributed by atoms with Gasteiger partial charge in [0.05, 0.1) is 36.5 Å². The van der Waals surface area contributed by atoms with E-state index < -0.39 is 0 Å². The second-order valence-electron chi connectivity index (χ2n) is 8.17. The first-order chi connectivity index (χ1) is 15.4. The number of hydrogen-bond acceptors (Lipinski definition) is 5. The van der Waals surface area contributed by atoms with Crippen molar-refractivity contribution >= 4 is 34.1 Å². The van der Waals surface area contributed by atoms with Crippen LogP contribution in [-0.4, -0.2) is 61.6 Å². The van der Waals surface area contributed by atoms with Gasteiger partial charge < -0.3 is 19.9 Å². The Hall–Kier alpha value is -3.45. The Balaban J connectivity index is 1.39. The maximum atomic E-state index is 13.0. The molecule has 1 aromatic heterocycles. The lowest BCUT2D eigenvalue weighted by atomic mass is 10.1. The van der Waals surface area contributed by atoms with Crippen molar-refractivity contribution in [1.82, 2.24) is 9.88 Å². The highest BCUT2D eigenvalue weighted by Gasteiger charge is 2.19. The molecule has 2 amide bonds. The predicted octanol–water partition coefficient (Wildman–Crippen LogP) is 3.40. The van der Waals surface area contributed by atoms with Gasteiger partial charge in [0.2, 0.25) is 5.91 Å². The summed E-state index contributed by atoms with van der Waals surface area (Å²) in [6.45, 7) is 6.95. The van der Waals surface area contributed by atoms with Crippen molar-refractivity contribution in [3.05, 3.63) is 65.4 Å². The van der Waals surface area contributed by atoms with Gasteiger partial charge in [-0.15, -0.1) is 0 Å². The van der Waals surface area contributed by atoms with Gasteiger partial charge in [0, 0.05) is 36.9 Å². The largest absolute Gasteiger partial charge is 0.378 e. The summed E-state index contributed by atoms with van der Waals surface area (Å²) in [7, 11) is 1.63. The van der Waals surface area contributed by atoms with Crippen molar-refractivity contribution in [2.24, 2.45) is 0 Å². The lowest BCUT2D eigenvalue weighted by Crippen LogP contribution is -2.36. The van der Waals surface area contributed by atoms with Crippen LogP contribution in [-0.2, 0) is 9.53 Å². The number of pyridine rings is 1. The fraction of sp³-hybridized carbons (Fsp3) is 0.320. The monoisotopic (exact) mass is 432 g/mol. The fourth-order valence-corrected chi connectivity index (χ4v) is 3.88. The molecule has 1 aliphatic heterocycles. The summed E-state index contributed by atoms with van der Waals surface area (Å²) in [4.78, 5) is 33.8. The Labute approximate surface area is 188 Å². The summed E-state index contributed by atoms with van der Waals surface area (Å²) < 4.78 is 5.38. The topological polar surface area (TPSA) is 74.8 Å². The van der Waals surface area contributed by atoms with E-state index in [0.29, 0.717) is 16.9 Å². The quantitative estimate of drug-likeness (QED) is 0.669. The highest BCUT2D eigenvalue weighted by molar-refractivity contribution is 6.01. The molecular weight excluding hydrogens is 404 g/mol. The van der Waals surface area contributed by atoms with Crippen molar-refractivity contribution in [1.29, 1.82) is 0 Å². The average molecular weight is 433 g/mol. The molecule has 0 aliphatic carbocycles. The molecule has 32 heavy (non-hydrogen) atoms. The maximum Gasteiger partial charge on any atom is 0.255 e. The molecule has 2 aromatic carbocycles. The average Bonchev–Trinajstić information content (AvgIpc) is 2.79. The van der Waals surface area contributed by atoms with Crippen molar-refractivity contribution < 1.29 is 14.3 Å². The minimum absolute atomic E-state index is 0.0463. The molecule has 1 fully saturated rings. The van der Waals surface area contributed by atoms with Gasteiger partial charge in [-0.05, 0) is 56.3 Å². The first-order valence-corrected chi connectivity index (χ1v) is 10.8. The summed E-state index contributed by atoms with van der Waals surface area (Å²) in [5, 5.41) is 3.78. The van der Waals surface area contributed by atoms with Crippen molar-refractivity contribution in [3.63, 3.8) is 0 Å². The number of rotatable bonds is 5. The molecule has 3 aromatic rings. The van der Waals surface area contributed by atoms with Gasteiger partial charge in [-0.2, -0.15) is 0 Å². The predicted molar refractivity (Wildman–Crippen MR) is 126 cm³/mol. The zero-order valence-electron chi connectivity index (χ0n) is 18.7. The number of benzene rings is 2. The van der Waals surface area contributed by atoms with E-state index in [1.54, 1.807) is 7.05 Å². The molecule has 166 valence electrons. The molecule has 0 bridgehead atoms. The van der Waals surface area contributed by atoms with Gasteiger partial charge in [0.25, 0.3) is 5.91 Å². The molecule has 1 N–H and O–H groups in total. The SMILES string of the molecule is Cc1ccc2nc(C)c(C(=O)N(C)CC(=O)Nc3ccc(N4CCOCC4)cc3)cc2c1. The highest BCUT2D eigenvalue weighted by atomic mass is 16.5. The van der Waals surface area contributed by atoms with Crippen LogP contribution in [0.3, 0.4) is 0 Å². The number of ether oxygens (including phenoxy) is 1. The molecule has 0 unspecified atom stereocenters. The van der Waals surface area contributed by atoms with Crippen molar-refractivity contribution in [3.8, 4) is 0 Å². The molecule has 1 aliphatic rings. The number of fused-ring (bicyclic) bond motifs is 1. The number of carbonyl (C=O) groups is 2. The molecule has 1 saturated heterocycles. The number of carbonyl (C=O) groups excluding carboxylic acids is 2. The van der Waals surface area contributed by atoms with Crippen LogP contribution >= 0.6 is 0 Å². The summed E-state index contributed by atoms with van der Waals surface area (Å²) in [5.74, 6) is -0.474. The van der Waals surface area contributed by atoms with E-state index in [1.165, 1.54) is 4.90 Å². The van der Waals surface area contributed by atoms with Gasteiger partial charge in [0.15, 0.2) is 0 Å². The van der Waals surface area contributed by atoms with E-state index in [1.807, 2.05) is 62.4 Å². The van der Waals surface area contributed by atoms with Crippen molar-refractivity contribution in [2.45, 2.75) is 13.8 Å². The molecule has 0 spiro atoms. The van der Waals surface area contributed by atoms with E-state index in [2.05, 4.69) is 15.2 Å². The summed E-state index contributed by atoms with van der Waals surface area (Å²) >= 11 is 0. The van der Waals surface area contributed by atoms with Crippen LogP contribution in [0.15, 0.2) is 48.5 Å². The number of aromatic nitrogens is 1. The van der Waals surface area contributed by atoms with Gasteiger partial charge in [-0.1, -0.05) is 11.6 Å². The van der Waals surface area contributed by atoms with Crippen LogP contribution < -0.4 is 10.2 Å². The summed E-state index contributed by atoms with van der Waals surface area (Å²) in [6, 6.07) is 15.5. The minimum Gasteiger partial charge on any atom is -0.378 e. The normalized spacial score (nSPS) is 13.8. The number of nitrogens with one attached hydrogen (secondary N) is 1. The Bertz CT molecular complexity index is 1140. The zero-order chi connectivity index (χ0) is 22.7. The standard InChI is InChI=1S/C25H28N4O3/c1-17-4-9-23-19(14-17)15-22(18(2)26-23)25(31)28(3)16-24(30)27-20-5-7-21(8-6-20)29-10-12-32-13-11-29/h4-9,14-15H,10-13,16H2,1-3H3,(H,27,30). The zero-order valence-corrected chi connectivity index (χ0v) is 18.7. The second kappa shape index (κ2) is 9.36. The number of hydrogen-bond donors (Lipinski definition) is 1. The van der Waals surface area contributed by atoms with Gasteiger partial charge >= 0.3 is 0 Å². The minimum atomic E-state index is -0.248. The Morgan fingerprint density at radius 1 is 1.06 bits per heavy atom. The van der Waals surface area contributed by atoms with E-state index in [0.717, 1.165) is 48.5 Å². The Morgan fingerprint density at radius 2 is 1.78 bits per heavy atom. The van der Waals surface area contributed by atoms with Gasteiger partial charge in [0.1, 0.15) is 0 Å². The van der Waals surface area contributed by atoms with Crippen LogP contribution in [0.5, 0.6) is 0 Å². The van der Waals surface area contributed by atoms with Crippen LogP contribution in [0.4, 0.5) is 11.4 Å². The Morgan fingerprint density at radius 3 is 2.50 bits per heavy atom. The number of morpholine rings is 1. The smallest absolute Gasteiger partial charge is 0.255 e. The molecule has 0 saturated carbocycles. The Kier molecular flexibility index (Phi) is 6.37. The highest BCUT2D eigenvalue weighted by Crippen LogP contribution is 2.20. The number of nitrogens with zero attached hydrogens (tertiary/aromatic N) is 3. The van der Waals surface area contributed by atoms with Gasteiger partial charge in [-0.25, -0.2) is 0 Å². The third kappa shape index (κ3) is 4.89. The van der Waals surface area contributed by atoms with E-state index in [-0.39, 0.29) is 18.4 Å². The maximum absolute atomic E-state index is 13.0. The lowest BCUT2D eigenvalue weighted by Gasteiger charge is -2.28. The van der Waals surface area contributed by atoms with Crippen molar-refractivity contribution in [2.75, 3.05) is 50.1 Å². The molecule has 4 rings (SSSR count). The van der Waals surface area contributed by atoms with Crippen LogP contribution in [0.2, 0.25) is 0 Å². The molecular formula is C25H28N4O3. The van der Waals surface area contributed by atoms with Crippen LogP contribution in [0.1, 0.15) is 21.6 Å². The number of anilines is 2. The molecule has 7 nitrogen and oxygen atoms in total. The molecule has 7 heteroatoms. The number of aryl methyl sites for hydroxylation is 2. The van der Waals surface area contributed by atoms with E-state index in [9.17, 15) is 9.59 Å². The summed E-state index contributed by atoms with van der Waals surface area (Å²) in [5.41, 5.74) is 4.92. The van der Waals surface area contributed by atoms with Crippen LogP contribution in [0, 0.1) is 13.8 Å².